The van der Waals surface area contributed by atoms with Gasteiger partial charge < -0.3 is 15.3 Å². The lowest BCUT2D eigenvalue weighted by Crippen LogP contribution is -2.62. The Morgan fingerprint density at radius 1 is 1.03 bits per heavy atom. The Morgan fingerprint density at radius 3 is 2.49 bits per heavy atom. The molecule has 5 rings (SSSR count). The molecule has 206 valence electrons. The Hall–Kier alpha value is -1.39. The van der Waals surface area contributed by atoms with E-state index < -0.39 is 5.97 Å². The van der Waals surface area contributed by atoms with Crippen LogP contribution in [0.4, 0.5) is 0 Å². The van der Waals surface area contributed by atoms with E-state index in [1.807, 2.05) is 12.1 Å². The molecule has 37 heavy (non-hydrogen) atoms. The van der Waals surface area contributed by atoms with E-state index in [4.69, 9.17) is 0 Å². The van der Waals surface area contributed by atoms with E-state index in [2.05, 4.69) is 33.8 Å². The third-order valence-electron chi connectivity index (χ3n) is 12.4. The highest BCUT2D eigenvalue weighted by Crippen LogP contribution is 2.69. The lowest BCUT2D eigenvalue weighted by atomic mass is 9.41. The zero-order valence-electron chi connectivity index (χ0n) is 23.5. The molecule has 0 heterocycles. The van der Waals surface area contributed by atoms with Crippen LogP contribution in [-0.2, 0) is 6.42 Å². The molecule has 1 aromatic rings. The number of rotatable bonds is 7. The van der Waals surface area contributed by atoms with Crippen molar-refractivity contribution in [1.29, 1.82) is 0 Å². The summed E-state index contributed by atoms with van der Waals surface area (Å²) >= 11 is 0. The van der Waals surface area contributed by atoms with Crippen LogP contribution in [0.1, 0.15) is 108 Å². The third-order valence-corrected chi connectivity index (χ3v) is 12.4. The van der Waals surface area contributed by atoms with Gasteiger partial charge in [0.15, 0.2) is 0 Å². The number of aliphatic hydroxyl groups is 2. The van der Waals surface area contributed by atoms with Gasteiger partial charge in [0.2, 0.25) is 0 Å². The number of benzene rings is 1. The van der Waals surface area contributed by atoms with Crippen LogP contribution in [-0.4, -0.2) is 33.5 Å². The first-order chi connectivity index (χ1) is 17.6. The largest absolute Gasteiger partial charge is 0.478 e. The normalized spacial score (nSPS) is 43.9. The van der Waals surface area contributed by atoms with Gasteiger partial charge in [-0.1, -0.05) is 52.7 Å². The molecule has 4 unspecified atom stereocenters. The van der Waals surface area contributed by atoms with Crippen LogP contribution in [0.5, 0.6) is 0 Å². The monoisotopic (exact) mass is 510 g/mol. The van der Waals surface area contributed by atoms with E-state index in [9.17, 15) is 20.1 Å². The highest BCUT2D eigenvalue weighted by molar-refractivity contribution is 5.87. The van der Waals surface area contributed by atoms with Gasteiger partial charge in [-0.2, -0.15) is 0 Å². The summed E-state index contributed by atoms with van der Waals surface area (Å²) in [5.74, 6) is 2.89. The fourth-order valence-electron chi connectivity index (χ4n) is 10.6. The minimum Gasteiger partial charge on any atom is -0.478 e. The number of aryl methyl sites for hydroxylation is 1. The number of carboxylic acids is 1. The maximum Gasteiger partial charge on any atom is 0.335 e. The van der Waals surface area contributed by atoms with E-state index in [1.54, 1.807) is 6.07 Å². The number of carboxylic acid groups (broad SMARTS) is 1. The molecule has 0 aromatic heterocycles. The molecule has 0 bridgehead atoms. The molecule has 4 saturated carbocycles. The van der Waals surface area contributed by atoms with Crippen molar-refractivity contribution in [2.24, 2.45) is 52.3 Å². The van der Waals surface area contributed by atoms with Crippen molar-refractivity contribution in [2.75, 3.05) is 0 Å². The van der Waals surface area contributed by atoms with Crippen molar-refractivity contribution >= 4 is 5.97 Å². The first-order valence-electron chi connectivity index (χ1n) is 15.3. The zero-order valence-corrected chi connectivity index (χ0v) is 23.5. The minimum atomic E-state index is -0.851. The van der Waals surface area contributed by atoms with Crippen molar-refractivity contribution < 1.29 is 20.1 Å². The fraction of sp³-hybridized carbons (Fsp3) is 0.788. The molecule has 4 heteroatoms. The van der Waals surface area contributed by atoms with Gasteiger partial charge in [0.1, 0.15) is 0 Å². The third kappa shape index (κ3) is 4.58. The maximum absolute atomic E-state index is 11.9. The van der Waals surface area contributed by atoms with Gasteiger partial charge in [-0.3, -0.25) is 0 Å². The summed E-state index contributed by atoms with van der Waals surface area (Å²) in [6.07, 6.45) is 11.8. The molecule has 0 amide bonds. The molecule has 4 aliphatic carbocycles. The quantitative estimate of drug-likeness (QED) is 0.370. The predicted molar refractivity (Wildman–Crippen MR) is 147 cm³/mol. The van der Waals surface area contributed by atoms with Crippen molar-refractivity contribution in [3.63, 3.8) is 0 Å². The molecular formula is C33H50O4. The number of hydrogen-bond acceptors (Lipinski definition) is 3. The van der Waals surface area contributed by atoms with Gasteiger partial charge in [-0.05, 0) is 128 Å². The minimum absolute atomic E-state index is 0.187. The van der Waals surface area contributed by atoms with E-state index in [0.717, 1.165) is 44.1 Å². The molecule has 0 saturated heterocycles. The van der Waals surface area contributed by atoms with Crippen molar-refractivity contribution in [2.45, 2.75) is 111 Å². The first kappa shape index (κ1) is 27.2. The van der Waals surface area contributed by atoms with E-state index in [1.165, 1.54) is 32.1 Å². The summed E-state index contributed by atoms with van der Waals surface area (Å²) in [5.41, 5.74) is 2.08. The Bertz CT molecular complexity index is 975. The van der Waals surface area contributed by atoms with Gasteiger partial charge in [-0.15, -0.1) is 0 Å². The topological polar surface area (TPSA) is 77.8 Å². The van der Waals surface area contributed by atoms with Crippen LogP contribution in [0.3, 0.4) is 0 Å². The Kier molecular flexibility index (Phi) is 7.57. The van der Waals surface area contributed by atoms with Crippen molar-refractivity contribution in [1.82, 2.24) is 0 Å². The molecule has 0 radical (unpaired) electrons. The second-order valence-electron chi connectivity index (χ2n) is 14.0. The van der Waals surface area contributed by atoms with Gasteiger partial charge >= 0.3 is 5.97 Å². The molecular weight excluding hydrogens is 460 g/mol. The highest BCUT2D eigenvalue weighted by atomic mass is 16.4. The van der Waals surface area contributed by atoms with Crippen LogP contribution in [0.25, 0.3) is 0 Å². The van der Waals surface area contributed by atoms with Gasteiger partial charge in [-0.25, -0.2) is 4.79 Å². The molecule has 0 aliphatic heterocycles. The number of carbonyl (C=O) groups is 1. The second-order valence-corrected chi connectivity index (χ2v) is 14.0. The van der Waals surface area contributed by atoms with Crippen molar-refractivity contribution in [3.05, 3.63) is 35.4 Å². The van der Waals surface area contributed by atoms with Gasteiger partial charge in [0, 0.05) is 0 Å². The van der Waals surface area contributed by atoms with Crippen molar-refractivity contribution in [3.8, 4) is 0 Å². The molecule has 4 fully saturated rings. The Balaban J connectivity index is 1.29. The van der Waals surface area contributed by atoms with Crippen LogP contribution in [0.15, 0.2) is 24.3 Å². The predicted octanol–water partition coefficient (Wildman–Crippen LogP) is 6.97. The molecule has 4 nitrogen and oxygen atoms in total. The lowest BCUT2D eigenvalue weighted by Gasteiger charge is -2.64. The van der Waals surface area contributed by atoms with Crippen LogP contribution < -0.4 is 0 Å². The zero-order chi connectivity index (χ0) is 26.5. The average molecular weight is 511 g/mol. The second kappa shape index (κ2) is 10.3. The SMILES string of the molecule is CC[C@H]1C(O)C2C3CC[C@H]([C@H](C)CCCc4cccc(C(=O)O)c4)[C@@]3(C)CCC2[C@@]2(C)CC[C@@H](O)C[C@@H]12. The summed E-state index contributed by atoms with van der Waals surface area (Å²) in [4.78, 5) is 11.3. The Morgan fingerprint density at radius 2 is 1.76 bits per heavy atom. The summed E-state index contributed by atoms with van der Waals surface area (Å²) in [6, 6.07) is 7.41. The molecule has 3 N–H and O–H groups in total. The van der Waals surface area contributed by atoms with E-state index in [-0.39, 0.29) is 17.6 Å². The summed E-state index contributed by atoms with van der Waals surface area (Å²) < 4.78 is 0. The lowest BCUT2D eigenvalue weighted by molar-refractivity contribution is -0.203. The smallest absolute Gasteiger partial charge is 0.335 e. The molecule has 1 aromatic carbocycles. The highest BCUT2D eigenvalue weighted by Gasteiger charge is 2.64. The summed E-state index contributed by atoms with van der Waals surface area (Å²) in [5, 5.41) is 31.7. The van der Waals surface area contributed by atoms with Crippen LogP contribution >= 0.6 is 0 Å². The van der Waals surface area contributed by atoms with Crippen LogP contribution in [0, 0.1) is 52.3 Å². The van der Waals surface area contributed by atoms with E-state index in [0.29, 0.717) is 52.4 Å². The molecule has 0 spiro atoms. The number of fused-ring (bicyclic) bond motifs is 5. The number of aliphatic hydroxyl groups excluding tert-OH is 2. The van der Waals surface area contributed by atoms with E-state index >= 15 is 0 Å². The van der Waals surface area contributed by atoms with Gasteiger partial charge in [0.25, 0.3) is 0 Å². The fourth-order valence-corrected chi connectivity index (χ4v) is 10.6. The summed E-state index contributed by atoms with van der Waals surface area (Å²) in [7, 11) is 0. The Labute approximate surface area is 224 Å². The molecule has 11 atom stereocenters. The summed E-state index contributed by atoms with van der Waals surface area (Å²) in [6.45, 7) is 9.78. The average Bonchev–Trinajstić information content (AvgIpc) is 3.22. The number of hydrogen-bond donors (Lipinski definition) is 3. The number of aromatic carboxylic acids is 1. The maximum atomic E-state index is 11.9. The van der Waals surface area contributed by atoms with Crippen LogP contribution in [0.2, 0.25) is 0 Å². The standard InChI is InChI=1S/C33H50O4/c1-5-24-28-19-23(34)14-16-33(28,4)27-15-17-32(3)25(12-13-26(32)29(27)30(24)35)20(2)8-6-9-21-10-7-11-22(18-21)31(36)37/h7,10-11,18,20,23-30,34-35H,5-6,8-9,12-17,19H2,1-4H3,(H,36,37)/t20-,23-,24-,25-,26?,27?,28+,29?,30?,32-,33-/m1/s1. The first-order valence-corrected chi connectivity index (χ1v) is 15.3. The van der Waals surface area contributed by atoms with Gasteiger partial charge in [0.05, 0.1) is 17.8 Å². The molecule has 4 aliphatic rings.